The molecule has 0 radical (unpaired) electrons. The van der Waals surface area contributed by atoms with E-state index in [1.54, 1.807) is 47.9 Å². The Balaban J connectivity index is 1.72. The van der Waals surface area contributed by atoms with Crippen LogP contribution in [0.1, 0.15) is 20.1 Å². The van der Waals surface area contributed by atoms with Crippen LogP contribution >= 0.6 is 34.9 Å². The van der Waals surface area contributed by atoms with Crippen LogP contribution in [0, 0.1) is 4.77 Å². The van der Waals surface area contributed by atoms with E-state index in [2.05, 4.69) is 4.98 Å². The fourth-order valence-electron chi connectivity index (χ4n) is 3.00. The Kier molecular flexibility index (Phi) is 5.25. The first-order valence-electron chi connectivity index (χ1n) is 8.60. The third-order valence-electron chi connectivity index (χ3n) is 4.49. The molecule has 28 heavy (non-hydrogen) atoms. The predicted octanol–water partition coefficient (Wildman–Crippen LogP) is 4.56. The van der Waals surface area contributed by atoms with Crippen molar-refractivity contribution in [2.45, 2.75) is 13.1 Å². The number of nitrogens with zero attached hydrogens (tertiary/aromatic N) is 2. The highest BCUT2D eigenvalue weighted by molar-refractivity contribution is 7.71. The molecule has 0 aliphatic carbocycles. The molecule has 1 aromatic carbocycles. The quantitative estimate of drug-likeness (QED) is 0.475. The maximum absolute atomic E-state index is 13.3. The SMILES string of the molecule is Cn1c(=S)[nH]c2cc(C(=O)N(Cc3cccs3)Cc3cccs3)ccc2c1=O. The van der Waals surface area contributed by atoms with Crippen molar-refractivity contribution in [2.24, 2.45) is 7.05 Å². The molecule has 0 saturated carbocycles. The van der Waals surface area contributed by atoms with Crippen LogP contribution in [0.15, 0.2) is 58.0 Å². The van der Waals surface area contributed by atoms with Gasteiger partial charge in [0.05, 0.1) is 24.0 Å². The van der Waals surface area contributed by atoms with Gasteiger partial charge in [0.1, 0.15) is 0 Å². The first-order chi connectivity index (χ1) is 13.5. The lowest BCUT2D eigenvalue weighted by molar-refractivity contribution is 0.0733. The highest BCUT2D eigenvalue weighted by Gasteiger charge is 2.18. The number of hydrogen-bond acceptors (Lipinski definition) is 5. The number of carbonyl (C=O) groups excluding carboxylic acids is 1. The summed E-state index contributed by atoms with van der Waals surface area (Å²) in [7, 11) is 1.63. The number of aromatic amines is 1. The average Bonchev–Trinajstić information content (AvgIpc) is 3.39. The molecule has 3 aromatic heterocycles. The Labute approximate surface area is 174 Å². The third-order valence-corrected chi connectivity index (χ3v) is 6.59. The average molecular weight is 428 g/mol. The minimum Gasteiger partial charge on any atom is -0.332 e. The molecular weight excluding hydrogens is 410 g/mol. The molecule has 8 heteroatoms. The minimum atomic E-state index is -0.174. The molecule has 0 unspecified atom stereocenters. The Morgan fingerprint density at radius 1 is 1.11 bits per heavy atom. The van der Waals surface area contributed by atoms with E-state index in [9.17, 15) is 9.59 Å². The normalized spacial score (nSPS) is 11.0. The van der Waals surface area contributed by atoms with Gasteiger partial charge in [0.2, 0.25) is 0 Å². The van der Waals surface area contributed by atoms with E-state index in [1.807, 2.05) is 39.9 Å². The van der Waals surface area contributed by atoms with Crippen LogP contribution in [0.2, 0.25) is 0 Å². The van der Waals surface area contributed by atoms with E-state index >= 15 is 0 Å². The molecule has 0 aliphatic heterocycles. The predicted molar refractivity (Wildman–Crippen MR) is 117 cm³/mol. The number of rotatable bonds is 5. The number of nitrogens with one attached hydrogen (secondary N) is 1. The zero-order valence-electron chi connectivity index (χ0n) is 15.0. The van der Waals surface area contributed by atoms with Crippen molar-refractivity contribution < 1.29 is 4.79 Å². The first kappa shape index (κ1) is 18.8. The molecule has 1 N–H and O–H groups in total. The van der Waals surface area contributed by atoms with Gasteiger partial charge in [0.25, 0.3) is 11.5 Å². The molecule has 0 saturated heterocycles. The van der Waals surface area contributed by atoms with Crippen LogP contribution in [0.3, 0.4) is 0 Å². The summed E-state index contributed by atoms with van der Waals surface area (Å²) in [5, 5.41) is 4.53. The number of benzene rings is 1. The van der Waals surface area contributed by atoms with Gasteiger partial charge in [-0.15, -0.1) is 22.7 Å². The maximum Gasteiger partial charge on any atom is 0.261 e. The van der Waals surface area contributed by atoms with Crippen LogP contribution < -0.4 is 5.56 Å². The number of thiophene rings is 2. The van der Waals surface area contributed by atoms with E-state index in [1.165, 1.54) is 4.57 Å². The summed E-state index contributed by atoms with van der Waals surface area (Å²) >= 11 is 8.46. The highest BCUT2D eigenvalue weighted by Crippen LogP contribution is 2.20. The summed E-state index contributed by atoms with van der Waals surface area (Å²) in [6.45, 7) is 1.08. The standard InChI is InChI=1S/C20H17N3O2S3/c1-22-19(25)16-7-6-13(10-17(16)21-20(22)26)18(24)23(11-14-4-2-8-27-14)12-15-5-3-9-28-15/h2-10H,11-12H2,1H3,(H,21,26). The van der Waals surface area contributed by atoms with E-state index < -0.39 is 0 Å². The highest BCUT2D eigenvalue weighted by atomic mass is 32.1. The topological polar surface area (TPSA) is 58.1 Å². The van der Waals surface area contributed by atoms with Crippen molar-refractivity contribution in [3.8, 4) is 0 Å². The van der Waals surface area contributed by atoms with Crippen LogP contribution in [0.4, 0.5) is 0 Å². The van der Waals surface area contributed by atoms with Crippen molar-refractivity contribution in [3.05, 3.63) is 83.7 Å². The summed E-state index contributed by atoms with van der Waals surface area (Å²) in [4.78, 5) is 32.8. The van der Waals surface area contributed by atoms with Crippen LogP contribution in [0.5, 0.6) is 0 Å². The zero-order valence-corrected chi connectivity index (χ0v) is 17.5. The van der Waals surface area contributed by atoms with Crippen LogP contribution in [0.25, 0.3) is 10.9 Å². The summed E-state index contributed by atoms with van der Waals surface area (Å²) in [5.74, 6) is -0.0799. The summed E-state index contributed by atoms with van der Waals surface area (Å²) in [6.07, 6.45) is 0. The first-order valence-corrected chi connectivity index (χ1v) is 10.8. The molecule has 4 rings (SSSR count). The second-order valence-electron chi connectivity index (χ2n) is 6.37. The van der Waals surface area contributed by atoms with E-state index in [0.29, 0.717) is 34.3 Å². The molecule has 0 spiro atoms. The smallest absolute Gasteiger partial charge is 0.261 e. The molecule has 0 fully saturated rings. The van der Waals surface area contributed by atoms with Crippen molar-refractivity contribution in [1.82, 2.24) is 14.5 Å². The van der Waals surface area contributed by atoms with Gasteiger partial charge in [-0.2, -0.15) is 0 Å². The Bertz CT molecular complexity index is 1200. The molecule has 3 heterocycles. The number of fused-ring (bicyclic) bond motifs is 1. The van der Waals surface area contributed by atoms with E-state index in [0.717, 1.165) is 9.75 Å². The molecule has 5 nitrogen and oxygen atoms in total. The zero-order chi connectivity index (χ0) is 19.7. The number of carbonyl (C=O) groups is 1. The minimum absolute atomic E-state index is 0.0799. The lowest BCUT2D eigenvalue weighted by Crippen LogP contribution is -2.29. The van der Waals surface area contributed by atoms with Crippen molar-refractivity contribution in [3.63, 3.8) is 0 Å². The van der Waals surface area contributed by atoms with Gasteiger partial charge >= 0.3 is 0 Å². The van der Waals surface area contributed by atoms with Crippen molar-refractivity contribution in [1.29, 1.82) is 0 Å². The Morgan fingerprint density at radius 3 is 2.32 bits per heavy atom. The van der Waals surface area contributed by atoms with Gasteiger partial charge in [0.15, 0.2) is 4.77 Å². The van der Waals surface area contributed by atoms with Crippen molar-refractivity contribution in [2.75, 3.05) is 0 Å². The number of aromatic nitrogens is 2. The molecule has 1 amide bonds. The fourth-order valence-corrected chi connectivity index (χ4v) is 4.63. The molecule has 0 bridgehead atoms. The third kappa shape index (κ3) is 3.71. The lowest BCUT2D eigenvalue weighted by atomic mass is 10.1. The van der Waals surface area contributed by atoms with Gasteiger partial charge < -0.3 is 9.88 Å². The lowest BCUT2D eigenvalue weighted by Gasteiger charge is -2.22. The van der Waals surface area contributed by atoms with Crippen LogP contribution in [-0.4, -0.2) is 20.4 Å². The number of hydrogen-bond donors (Lipinski definition) is 1. The van der Waals surface area contributed by atoms with E-state index in [-0.39, 0.29) is 11.5 Å². The van der Waals surface area contributed by atoms with E-state index in [4.69, 9.17) is 12.2 Å². The number of H-pyrrole nitrogens is 1. The second kappa shape index (κ2) is 7.83. The monoisotopic (exact) mass is 427 g/mol. The molecule has 4 aromatic rings. The summed E-state index contributed by atoms with van der Waals surface area (Å²) < 4.78 is 1.72. The van der Waals surface area contributed by atoms with Gasteiger partial charge in [-0.1, -0.05) is 12.1 Å². The molecule has 0 atom stereocenters. The Morgan fingerprint density at radius 2 is 1.75 bits per heavy atom. The summed E-state index contributed by atoms with van der Waals surface area (Å²) in [6, 6.07) is 13.1. The maximum atomic E-state index is 13.3. The Hall–Kier alpha value is -2.55. The largest absolute Gasteiger partial charge is 0.332 e. The van der Waals surface area contributed by atoms with Crippen molar-refractivity contribution >= 4 is 51.7 Å². The van der Waals surface area contributed by atoms with Gasteiger partial charge in [-0.3, -0.25) is 14.2 Å². The summed E-state index contributed by atoms with van der Waals surface area (Å²) in [5.41, 5.74) is 0.928. The fraction of sp³-hybridized carbons (Fsp3) is 0.150. The van der Waals surface area contributed by atoms with Gasteiger partial charge in [-0.05, 0) is 53.3 Å². The van der Waals surface area contributed by atoms with Crippen LogP contribution in [-0.2, 0) is 20.1 Å². The molecule has 0 aliphatic rings. The molecular formula is C20H17N3O2S3. The van der Waals surface area contributed by atoms with Gasteiger partial charge in [-0.25, -0.2) is 0 Å². The van der Waals surface area contributed by atoms with Gasteiger partial charge in [0, 0.05) is 22.4 Å². The second-order valence-corrected chi connectivity index (χ2v) is 8.83. The molecule has 142 valence electrons. The number of amides is 1.